The SMILES string of the molecule is CN1CCCCC1CNC(=O)c1ccncc1C#CCN. The van der Waals surface area contributed by atoms with Gasteiger partial charge in [-0.1, -0.05) is 18.3 Å². The fourth-order valence-corrected chi connectivity index (χ4v) is 2.55. The number of nitrogens with one attached hydrogen (secondary N) is 1. The molecule has 1 aromatic rings. The van der Waals surface area contributed by atoms with Gasteiger partial charge in [-0.05, 0) is 32.5 Å². The van der Waals surface area contributed by atoms with E-state index in [1.807, 2.05) is 0 Å². The maximum absolute atomic E-state index is 12.3. The summed E-state index contributed by atoms with van der Waals surface area (Å²) in [6.07, 6.45) is 6.81. The molecular weight excluding hydrogens is 264 g/mol. The molecule has 3 N–H and O–H groups in total. The van der Waals surface area contributed by atoms with Crippen molar-refractivity contribution in [1.29, 1.82) is 0 Å². The van der Waals surface area contributed by atoms with Gasteiger partial charge in [0.25, 0.3) is 5.91 Å². The number of carbonyl (C=O) groups is 1. The number of nitrogens with two attached hydrogens (primary N) is 1. The number of pyridine rings is 1. The Labute approximate surface area is 125 Å². The fourth-order valence-electron chi connectivity index (χ4n) is 2.55. The van der Waals surface area contributed by atoms with Crippen molar-refractivity contribution in [3.8, 4) is 11.8 Å². The van der Waals surface area contributed by atoms with Crippen molar-refractivity contribution in [3.05, 3.63) is 29.6 Å². The van der Waals surface area contributed by atoms with Gasteiger partial charge in [0.1, 0.15) is 0 Å². The average molecular weight is 286 g/mol. The molecule has 1 aliphatic heterocycles. The number of likely N-dealkylation sites (N-methyl/N-ethyl adjacent to an activating group) is 1. The molecule has 0 spiro atoms. The third-order valence-electron chi connectivity index (χ3n) is 3.81. The van der Waals surface area contributed by atoms with Gasteiger partial charge >= 0.3 is 0 Å². The van der Waals surface area contributed by atoms with E-state index in [0.29, 0.717) is 23.7 Å². The summed E-state index contributed by atoms with van der Waals surface area (Å²) < 4.78 is 0. The van der Waals surface area contributed by atoms with E-state index >= 15 is 0 Å². The van der Waals surface area contributed by atoms with E-state index in [1.54, 1.807) is 18.5 Å². The number of likely N-dealkylation sites (tertiary alicyclic amines) is 1. The highest BCUT2D eigenvalue weighted by Crippen LogP contribution is 2.14. The molecule has 1 unspecified atom stereocenters. The summed E-state index contributed by atoms with van der Waals surface area (Å²) in [5.74, 6) is 5.55. The second-order valence-corrected chi connectivity index (χ2v) is 5.27. The van der Waals surface area contributed by atoms with Crippen LogP contribution in [0.1, 0.15) is 35.2 Å². The Hall–Kier alpha value is -1.90. The molecular formula is C16H22N4O. The summed E-state index contributed by atoms with van der Waals surface area (Å²) in [5, 5.41) is 3.01. The molecule has 1 aromatic heterocycles. The Morgan fingerprint density at radius 2 is 2.43 bits per heavy atom. The first-order valence-corrected chi connectivity index (χ1v) is 7.33. The van der Waals surface area contributed by atoms with Gasteiger partial charge in [-0.2, -0.15) is 0 Å². The molecule has 1 saturated heterocycles. The van der Waals surface area contributed by atoms with E-state index in [1.165, 1.54) is 12.8 Å². The van der Waals surface area contributed by atoms with Gasteiger partial charge in [-0.25, -0.2) is 0 Å². The molecule has 2 heterocycles. The van der Waals surface area contributed by atoms with Gasteiger partial charge in [0.15, 0.2) is 0 Å². The van der Waals surface area contributed by atoms with Gasteiger partial charge in [0.05, 0.1) is 17.7 Å². The lowest BCUT2D eigenvalue weighted by Crippen LogP contribution is -2.44. The second kappa shape index (κ2) is 7.77. The quantitative estimate of drug-likeness (QED) is 0.799. The molecule has 1 fully saturated rings. The van der Waals surface area contributed by atoms with Crippen molar-refractivity contribution >= 4 is 5.91 Å². The van der Waals surface area contributed by atoms with E-state index < -0.39 is 0 Å². The summed E-state index contributed by atoms with van der Waals surface area (Å²) in [5.41, 5.74) is 6.56. The van der Waals surface area contributed by atoms with Crippen molar-refractivity contribution in [2.75, 3.05) is 26.7 Å². The molecule has 1 aliphatic rings. The average Bonchev–Trinajstić information content (AvgIpc) is 2.52. The van der Waals surface area contributed by atoms with Crippen molar-refractivity contribution < 1.29 is 4.79 Å². The van der Waals surface area contributed by atoms with Crippen LogP contribution in [0.3, 0.4) is 0 Å². The highest BCUT2D eigenvalue weighted by molar-refractivity contribution is 5.96. The van der Waals surface area contributed by atoms with E-state index in [9.17, 15) is 4.79 Å². The van der Waals surface area contributed by atoms with Crippen molar-refractivity contribution in [3.63, 3.8) is 0 Å². The second-order valence-electron chi connectivity index (χ2n) is 5.27. The van der Waals surface area contributed by atoms with Crippen LogP contribution in [0.15, 0.2) is 18.5 Å². The number of aromatic nitrogens is 1. The van der Waals surface area contributed by atoms with Crippen LogP contribution in [0.5, 0.6) is 0 Å². The lowest BCUT2D eigenvalue weighted by Gasteiger charge is -2.32. The van der Waals surface area contributed by atoms with Crippen molar-refractivity contribution in [2.24, 2.45) is 5.73 Å². The number of carbonyl (C=O) groups excluding carboxylic acids is 1. The first-order chi connectivity index (χ1) is 10.2. The van der Waals surface area contributed by atoms with Gasteiger partial charge in [-0.3, -0.25) is 9.78 Å². The van der Waals surface area contributed by atoms with Crippen LogP contribution in [0.4, 0.5) is 0 Å². The molecule has 0 aromatic carbocycles. The molecule has 2 rings (SSSR count). The standard InChI is InChI=1S/C16H22N4O/c1-20-10-3-2-6-14(20)12-19-16(21)15-7-9-18-11-13(15)5-4-8-17/h7,9,11,14H,2-3,6,8,10,12,17H2,1H3,(H,19,21). The van der Waals surface area contributed by atoms with Crippen molar-refractivity contribution in [1.82, 2.24) is 15.2 Å². The number of piperidine rings is 1. The zero-order valence-corrected chi connectivity index (χ0v) is 12.4. The number of amides is 1. The largest absolute Gasteiger partial charge is 0.350 e. The highest BCUT2D eigenvalue weighted by Gasteiger charge is 2.20. The lowest BCUT2D eigenvalue weighted by molar-refractivity contribution is 0.0928. The Kier molecular flexibility index (Phi) is 5.73. The minimum Gasteiger partial charge on any atom is -0.350 e. The number of nitrogens with zero attached hydrogens (tertiary/aromatic N) is 2. The third kappa shape index (κ3) is 4.28. The summed E-state index contributed by atoms with van der Waals surface area (Å²) in [6, 6.07) is 2.11. The minimum absolute atomic E-state index is 0.0994. The normalized spacial score (nSPS) is 18.7. The van der Waals surface area contributed by atoms with Crippen LogP contribution < -0.4 is 11.1 Å². The molecule has 1 amide bonds. The van der Waals surface area contributed by atoms with Crippen LogP contribution in [-0.2, 0) is 0 Å². The summed E-state index contributed by atoms with van der Waals surface area (Å²) in [4.78, 5) is 18.6. The summed E-state index contributed by atoms with van der Waals surface area (Å²) in [6.45, 7) is 2.03. The van der Waals surface area contributed by atoms with Crippen LogP contribution in [-0.4, -0.2) is 48.5 Å². The predicted octanol–water partition coefficient (Wildman–Crippen LogP) is 0.606. The highest BCUT2D eigenvalue weighted by atomic mass is 16.1. The van der Waals surface area contributed by atoms with Gasteiger partial charge in [-0.15, -0.1) is 0 Å². The van der Waals surface area contributed by atoms with E-state index in [-0.39, 0.29) is 12.5 Å². The predicted molar refractivity (Wildman–Crippen MR) is 82.8 cm³/mol. The summed E-state index contributed by atoms with van der Waals surface area (Å²) >= 11 is 0. The number of hydrogen-bond donors (Lipinski definition) is 2. The summed E-state index contributed by atoms with van der Waals surface area (Å²) in [7, 11) is 2.11. The Balaban J connectivity index is 2.00. The van der Waals surface area contributed by atoms with Crippen molar-refractivity contribution in [2.45, 2.75) is 25.3 Å². The van der Waals surface area contributed by atoms with E-state index in [4.69, 9.17) is 5.73 Å². The minimum atomic E-state index is -0.0994. The molecule has 5 heteroatoms. The van der Waals surface area contributed by atoms with Crippen LogP contribution in [0.25, 0.3) is 0 Å². The molecule has 21 heavy (non-hydrogen) atoms. The lowest BCUT2D eigenvalue weighted by atomic mass is 10.0. The maximum atomic E-state index is 12.3. The first kappa shape index (κ1) is 15.5. The number of rotatable bonds is 3. The molecule has 112 valence electrons. The molecule has 0 radical (unpaired) electrons. The monoisotopic (exact) mass is 286 g/mol. The molecule has 1 atom stereocenters. The van der Waals surface area contributed by atoms with Gasteiger partial charge in [0, 0.05) is 25.0 Å². The van der Waals surface area contributed by atoms with Gasteiger partial charge < -0.3 is 16.0 Å². The molecule has 0 aliphatic carbocycles. The Bertz CT molecular complexity index is 547. The third-order valence-corrected chi connectivity index (χ3v) is 3.81. The fraction of sp³-hybridized carbons (Fsp3) is 0.500. The first-order valence-electron chi connectivity index (χ1n) is 7.33. The zero-order chi connectivity index (χ0) is 15.1. The van der Waals surface area contributed by atoms with Gasteiger partial charge in [0.2, 0.25) is 0 Å². The molecule has 0 bridgehead atoms. The van der Waals surface area contributed by atoms with Crippen LogP contribution in [0.2, 0.25) is 0 Å². The van der Waals surface area contributed by atoms with Crippen LogP contribution >= 0.6 is 0 Å². The van der Waals surface area contributed by atoms with E-state index in [2.05, 4.69) is 34.1 Å². The molecule has 0 saturated carbocycles. The molecule has 5 nitrogen and oxygen atoms in total. The Morgan fingerprint density at radius 1 is 1.57 bits per heavy atom. The topological polar surface area (TPSA) is 71.2 Å². The van der Waals surface area contributed by atoms with Crippen LogP contribution in [0, 0.1) is 11.8 Å². The maximum Gasteiger partial charge on any atom is 0.252 e. The smallest absolute Gasteiger partial charge is 0.252 e. The van der Waals surface area contributed by atoms with E-state index in [0.717, 1.165) is 13.0 Å². The zero-order valence-electron chi connectivity index (χ0n) is 12.4. The Morgan fingerprint density at radius 3 is 3.19 bits per heavy atom. The number of hydrogen-bond acceptors (Lipinski definition) is 4.